The van der Waals surface area contributed by atoms with E-state index in [4.69, 9.17) is 4.74 Å². The number of aromatic nitrogens is 1. The van der Waals surface area contributed by atoms with Crippen LogP contribution in [0.15, 0.2) is 71.9 Å². The Bertz CT molecular complexity index is 1110. The van der Waals surface area contributed by atoms with Crippen molar-refractivity contribution in [1.29, 1.82) is 0 Å². The van der Waals surface area contributed by atoms with Gasteiger partial charge in [-0.1, -0.05) is 12.1 Å². The Morgan fingerprint density at radius 2 is 1.87 bits per heavy atom. The van der Waals surface area contributed by atoms with Crippen molar-refractivity contribution in [3.05, 3.63) is 83.7 Å². The van der Waals surface area contributed by atoms with E-state index in [-0.39, 0.29) is 10.8 Å². The van der Waals surface area contributed by atoms with E-state index in [1.54, 1.807) is 49.6 Å². The lowest BCUT2D eigenvalue weighted by Crippen LogP contribution is -2.23. The smallest absolute Gasteiger partial charge is 0.261 e. The molecule has 0 bridgehead atoms. The van der Waals surface area contributed by atoms with E-state index in [1.807, 2.05) is 13.0 Å². The third-order valence-corrected chi connectivity index (χ3v) is 5.75. The number of sulfonamides is 1. The highest BCUT2D eigenvalue weighted by Gasteiger charge is 2.17. The van der Waals surface area contributed by atoms with Gasteiger partial charge in [-0.3, -0.25) is 14.5 Å². The molecule has 1 amide bonds. The van der Waals surface area contributed by atoms with E-state index in [0.29, 0.717) is 35.7 Å². The summed E-state index contributed by atoms with van der Waals surface area (Å²) in [6.07, 6.45) is 3.33. The van der Waals surface area contributed by atoms with Crippen LogP contribution in [0.3, 0.4) is 0 Å². The summed E-state index contributed by atoms with van der Waals surface area (Å²) >= 11 is 0. The van der Waals surface area contributed by atoms with Gasteiger partial charge in [-0.05, 0) is 67.4 Å². The molecule has 8 heteroatoms. The largest absolute Gasteiger partial charge is 0.494 e. The molecule has 2 N–H and O–H groups in total. The molecule has 0 fully saturated rings. The first-order valence-electron chi connectivity index (χ1n) is 9.42. The molecule has 30 heavy (non-hydrogen) atoms. The second-order valence-corrected chi connectivity index (χ2v) is 8.27. The van der Waals surface area contributed by atoms with E-state index in [2.05, 4.69) is 15.0 Å². The molecule has 0 aliphatic rings. The number of benzene rings is 2. The molecular weight excluding hydrogens is 402 g/mol. The lowest BCUT2D eigenvalue weighted by atomic mass is 10.1. The van der Waals surface area contributed by atoms with Crippen molar-refractivity contribution in [3.63, 3.8) is 0 Å². The highest BCUT2D eigenvalue weighted by molar-refractivity contribution is 7.92. The molecule has 0 aliphatic carbocycles. The van der Waals surface area contributed by atoms with Crippen LogP contribution < -0.4 is 14.8 Å². The number of aryl methyl sites for hydroxylation is 1. The number of nitrogens with zero attached hydrogens (tertiary/aromatic N) is 1. The van der Waals surface area contributed by atoms with Crippen molar-refractivity contribution < 1.29 is 17.9 Å². The molecule has 0 saturated carbocycles. The van der Waals surface area contributed by atoms with Crippen LogP contribution in [0.2, 0.25) is 0 Å². The van der Waals surface area contributed by atoms with Crippen molar-refractivity contribution in [1.82, 2.24) is 10.3 Å². The third kappa shape index (κ3) is 5.36. The fourth-order valence-corrected chi connectivity index (χ4v) is 3.87. The van der Waals surface area contributed by atoms with E-state index in [0.717, 1.165) is 5.56 Å². The maximum absolute atomic E-state index is 12.8. The Morgan fingerprint density at radius 1 is 1.10 bits per heavy atom. The standard InChI is InChI=1S/C22H23N3O4S/c1-3-29-19-8-10-20(11-9-19)30(27,28)25-21-13-18(7-6-16(21)2)22(26)24-15-17-5-4-12-23-14-17/h4-14,25H,3,15H2,1-2H3,(H,24,26). The number of carbonyl (C=O) groups is 1. The normalized spacial score (nSPS) is 11.0. The van der Waals surface area contributed by atoms with Gasteiger partial charge in [0.2, 0.25) is 0 Å². The minimum atomic E-state index is -3.81. The molecule has 7 nitrogen and oxygen atoms in total. The van der Waals surface area contributed by atoms with Crippen molar-refractivity contribution in [2.45, 2.75) is 25.3 Å². The summed E-state index contributed by atoms with van der Waals surface area (Å²) in [4.78, 5) is 16.6. The molecule has 3 aromatic rings. The number of pyridine rings is 1. The van der Waals surface area contributed by atoms with E-state index in [9.17, 15) is 13.2 Å². The number of hydrogen-bond acceptors (Lipinski definition) is 5. The van der Waals surface area contributed by atoms with Gasteiger partial charge in [0.25, 0.3) is 15.9 Å². The number of amides is 1. The number of anilines is 1. The summed E-state index contributed by atoms with van der Waals surface area (Å²) in [5.74, 6) is 0.292. The fraction of sp³-hybridized carbons (Fsp3) is 0.182. The Hall–Kier alpha value is -3.39. The van der Waals surface area contributed by atoms with Gasteiger partial charge in [-0.2, -0.15) is 0 Å². The van der Waals surface area contributed by atoms with Crippen molar-refractivity contribution in [3.8, 4) is 5.75 Å². The number of rotatable bonds is 8. The predicted molar refractivity (Wildman–Crippen MR) is 115 cm³/mol. The first-order valence-corrected chi connectivity index (χ1v) is 10.9. The maximum Gasteiger partial charge on any atom is 0.261 e. The summed E-state index contributed by atoms with van der Waals surface area (Å²) in [5, 5.41) is 2.80. The third-order valence-electron chi connectivity index (χ3n) is 4.36. The van der Waals surface area contributed by atoms with Gasteiger partial charge < -0.3 is 10.1 Å². The van der Waals surface area contributed by atoms with Gasteiger partial charge in [0.15, 0.2) is 0 Å². The zero-order chi connectivity index (χ0) is 21.6. The monoisotopic (exact) mass is 425 g/mol. The zero-order valence-electron chi connectivity index (χ0n) is 16.8. The predicted octanol–water partition coefficient (Wildman–Crippen LogP) is 3.52. The first-order chi connectivity index (χ1) is 14.4. The topological polar surface area (TPSA) is 97.4 Å². The van der Waals surface area contributed by atoms with Gasteiger partial charge in [-0.15, -0.1) is 0 Å². The van der Waals surface area contributed by atoms with Gasteiger partial charge in [-0.25, -0.2) is 8.42 Å². The molecule has 156 valence electrons. The fourth-order valence-electron chi connectivity index (χ4n) is 2.75. The van der Waals surface area contributed by atoms with E-state index < -0.39 is 10.0 Å². The Labute approximate surface area is 176 Å². The Morgan fingerprint density at radius 3 is 2.53 bits per heavy atom. The van der Waals surface area contributed by atoms with E-state index >= 15 is 0 Å². The molecule has 0 saturated heterocycles. The lowest BCUT2D eigenvalue weighted by Gasteiger charge is -2.13. The summed E-state index contributed by atoms with van der Waals surface area (Å²) in [7, 11) is -3.81. The number of carbonyl (C=O) groups excluding carboxylic acids is 1. The molecule has 2 aromatic carbocycles. The van der Waals surface area contributed by atoms with Crippen LogP contribution in [-0.2, 0) is 16.6 Å². The zero-order valence-corrected chi connectivity index (χ0v) is 17.6. The molecule has 0 unspecified atom stereocenters. The number of nitrogens with one attached hydrogen (secondary N) is 2. The lowest BCUT2D eigenvalue weighted by molar-refractivity contribution is 0.0951. The van der Waals surface area contributed by atoms with Crippen molar-refractivity contribution in [2.75, 3.05) is 11.3 Å². The van der Waals surface area contributed by atoms with Crippen LogP contribution >= 0.6 is 0 Å². The van der Waals surface area contributed by atoms with Crippen LogP contribution in [-0.4, -0.2) is 25.9 Å². The summed E-state index contributed by atoms with van der Waals surface area (Å²) < 4.78 is 33.4. The molecular formula is C22H23N3O4S. The average Bonchev–Trinajstić information content (AvgIpc) is 2.75. The molecule has 0 atom stereocenters. The van der Waals surface area contributed by atoms with Gasteiger partial charge in [0, 0.05) is 24.5 Å². The highest BCUT2D eigenvalue weighted by atomic mass is 32.2. The number of hydrogen-bond donors (Lipinski definition) is 2. The van der Waals surface area contributed by atoms with Crippen LogP contribution in [0.5, 0.6) is 5.75 Å². The molecule has 0 spiro atoms. The van der Waals surface area contributed by atoms with E-state index in [1.165, 1.54) is 18.2 Å². The molecule has 1 aromatic heterocycles. The molecule has 0 aliphatic heterocycles. The van der Waals surface area contributed by atoms with Gasteiger partial charge in [0.05, 0.1) is 17.2 Å². The second kappa shape index (κ2) is 9.41. The highest BCUT2D eigenvalue weighted by Crippen LogP contribution is 2.23. The summed E-state index contributed by atoms with van der Waals surface area (Å²) in [6, 6.07) is 14.7. The second-order valence-electron chi connectivity index (χ2n) is 6.58. The minimum absolute atomic E-state index is 0.108. The first kappa shape index (κ1) is 21.3. The molecule has 1 heterocycles. The SMILES string of the molecule is CCOc1ccc(S(=O)(=O)Nc2cc(C(=O)NCc3cccnc3)ccc2C)cc1. The van der Waals surface area contributed by atoms with Gasteiger partial charge >= 0.3 is 0 Å². The summed E-state index contributed by atoms with van der Waals surface area (Å²) in [6.45, 7) is 4.45. The summed E-state index contributed by atoms with van der Waals surface area (Å²) in [5.41, 5.74) is 2.27. The maximum atomic E-state index is 12.8. The molecule has 0 radical (unpaired) electrons. The molecule has 3 rings (SSSR count). The van der Waals surface area contributed by atoms with Crippen LogP contribution in [0.4, 0.5) is 5.69 Å². The quantitative estimate of drug-likeness (QED) is 0.576. The number of ether oxygens (including phenoxy) is 1. The van der Waals surface area contributed by atoms with Crippen LogP contribution in [0, 0.1) is 6.92 Å². The van der Waals surface area contributed by atoms with Crippen molar-refractivity contribution >= 4 is 21.6 Å². The average molecular weight is 426 g/mol. The Kier molecular flexibility index (Phi) is 6.68. The van der Waals surface area contributed by atoms with Crippen molar-refractivity contribution in [2.24, 2.45) is 0 Å². The van der Waals surface area contributed by atoms with Crippen LogP contribution in [0.1, 0.15) is 28.4 Å². The van der Waals surface area contributed by atoms with Crippen LogP contribution in [0.25, 0.3) is 0 Å². The Balaban J connectivity index is 1.75. The minimum Gasteiger partial charge on any atom is -0.494 e. The van der Waals surface area contributed by atoms with Gasteiger partial charge in [0.1, 0.15) is 5.75 Å².